The molecule has 6 heteroatoms. The molecular formula is C25H27N3O3. The van der Waals surface area contributed by atoms with Gasteiger partial charge in [0.1, 0.15) is 11.4 Å². The molecule has 0 unspecified atom stereocenters. The van der Waals surface area contributed by atoms with Crippen LogP contribution in [0.15, 0.2) is 54.2 Å². The molecule has 3 heterocycles. The second-order valence-corrected chi connectivity index (χ2v) is 8.27. The van der Waals surface area contributed by atoms with E-state index in [1.165, 1.54) is 17.7 Å². The fourth-order valence-corrected chi connectivity index (χ4v) is 4.87. The van der Waals surface area contributed by atoms with E-state index in [4.69, 9.17) is 4.74 Å². The summed E-state index contributed by atoms with van der Waals surface area (Å²) in [6, 6.07) is 15.2. The summed E-state index contributed by atoms with van der Waals surface area (Å²) in [7, 11) is 1.59. The van der Waals surface area contributed by atoms with Crippen LogP contribution in [0.25, 0.3) is 5.57 Å². The summed E-state index contributed by atoms with van der Waals surface area (Å²) < 4.78 is 5.53. The van der Waals surface area contributed by atoms with Gasteiger partial charge >= 0.3 is 0 Å². The smallest absolute Gasteiger partial charge is 0.282 e. The standard InChI is InChI=1S/C25H27N3O3/c1-31-21-9-3-2-8-20(21)22-23(27-16-6-7-17-27)25(30)28(24(22)29)19-12-10-18(11-13-19)26-14-4-5-15-26/h2-3,8-13H,4-7,14-17H2,1H3. The Kier molecular flexibility index (Phi) is 5.14. The zero-order chi connectivity index (χ0) is 21.4. The molecule has 160 valence electrons. The molecule has 2 amide bonds. The summed E-state index contributed by atoms with van der Waals surface area (Å²) in [5.41, 5.74) is 3.35. The number of methoxy groups -OCH3 is 1. The molecule has 0 aromatic heterocycles. The van der Waals surface area contributed by atoms with Crippen molar-refractivity contribution in [2.24, 2.45) is 0 Å². The number of anilines is 2. The molecule has 0 atom stereocenters. The van der Waals surface area contributed by atoms with Crippen molar-refractivity contribution >= 4 is 28.8 Å². The Morgan fingerprint density at radius 1 is 0.710 bits per heavy atom. The molecule has 0 aliphatic carbocycles. The van der Waals surface area contributed by atoms with Gasteiger partial charge in [-0.25, -0.2) is 4.90 Å². The van der Waals surface area contributed by atoms with Crippen molar-refractivity contribution < 1.29 is 14.3 Å². The van der Waals surface area contributed by atoms with Gasteiger partial charge in [-0.1, -0.05) is 18.2 Å². The van der Waals surface area contributed by atoms with Gasteiger partial charge in [-0.05, 0) is 56.0 Å². The van der Waals surface area contributed by atoms with Crippen molar-refractivity contribution in [3.05, 3.63) is 59.8 Å². The number of ether oxygens (including phenoxy) is 1. The van der Waals surface area contributed by atoms with E-state index in [1.807, 2.05) is 48.5 Å². The third-order valence-corrected chi connectivity index (χ3v) is 6.44. The van der Waals surface area contributed by atoms with Crippen LogP contribution < -0.4 is 14.5 Å². The molecule has 0 saturated carbocycles. The average Bonchev–Trinajstić information content (AvgIpc) is 3.55. The van der Waals surface area contributed by atoms with Crippen molar-refractivity contribution in [2.45, 2.75) is 25.7 Å². The monoisotopic (exact) mass is 417 g/mol. The highest BCUT2D eigenvalue weighted by atomic mass is 16.5. The molecule has 2 saturated heterocycles. The number of hydrogen-bond acceptors (Lipinski definition) is 5. The molecule has 2 aromatic rings. The van der Waals surface area contributed by atoms with Crippen LogP contribution in [0, 0.1) is 0 Å². The van der Waals surface area contributed by atoms with E-state index in [9.17, 15) is 9.59 Å². The molecular weight excluding hydrogens is 390 g/mol. The van der Waals surface area contributed by atoms with E-state index in [2.05, 4.69) is 9.80 Å². The highest BCUT2D eigenvalue weighted by Crippen LogP contribution is 2.39. The predicted octanol–water partition coefficient (Wildman–Crippen LogP) is 3.68. The molecule has 0 bridgehead atoms. The summed E-state index contributed by atoms with van der Waals surface area (Å²) in [5.74, 6) is 0.0635. The Hall–Kier alpha value is -3.28. The summed E-state index contributed by atoms with van der Waals surface area (Å²) in [4.78, 5) is 32.9. The summed E-state index contributed by atoms with van der Waals surface area (Å²) in [5, 5.41) is 0. The number of nitrogens with zero attached hydrogens (tertiary/aromatic N) is 3. The number of hydrogen-bond donors (Lipinski definition) is 0. The van der Waals surface area contributed by atoms with Gasteiger partial charge in [-0.2, -0.15) is 0 Å². The van der Waals surface area contributed by atoms with Crippen LogP contribution in [0.2, 0.25) is 0 Å². The van der Waals surface area contributed by atoms with E-state index >= 15 is 0 Å². The van der Waals surface area contributed by atoms with Gasteiger partial charge in [-0.3, -0.25) is 9.59 Å². The van der Waals surface area contributed by atoms with E-state index in [1.54, 1.807) is 7.11 Å². The fourth-order valence-electron chi connectivity index (χ4n) is 4.87. The van der Waals surface area contributed by atoms with Crippen LogP contribution in [-0.2, 0) is 9.59 Å². The zero-order valence-electron chi connectivity index (χ0n) is 17.8. The van der Waals surface area contributed by atoms with Crippen molar-refractivity contribution in [1.29, 1.82) is 0 Å². The number of amides is 2. The first-order valence-corrected chi connectivity index (χ1v) is 11.1. The second-order valence-electron chi connectivity index (χ2n) is 8.27. The Morgan fingerprint density at radius 3 is 1.94 bits per heavy atom. The van der Waals surface area contributed by atoms with Crippen LogP contribution >= 0.6 is 0 Å². The molecule has 2 fully saturated rings. The van der Waals surface area contributed by atoms with Crippen molar-refractivity contribution in [3.8, 4) is 5.75 Å². The maximum atomic E-state index is 13.6. The van der Waals surface area contributed by atoms with Crippen molar-refractivity contribution in [3.63, 3.8) is 0 Å². The molecule has 2 aromatic carbocycles. The summed E-state index contributed by atoms with van der Waals surface area (Å²) in [6.07, 6.45) is 4.45. The first kappa shape index (κ1) is 19.7. The van der Waals surface area contributed by atoms with E-state index < -0.39 is 0 Å². The third kappa shape index (κ3) is 3.36. The molecule has 0 spiro atoms. The van der Waals surface area contributed by atoms with Gasteiger partial charge in [0, 0.05) is 37.4 Å². The van der Waals surface area contributed by atoms with Crippen LogP contribution in [-0.4, -0.2) is 50.0 Å². The molecule has 31 heavy (non-hydrogen) atoms. The Labute approximate surface area is 182 Å². The maximum Gasteiger partial charge on any atom is 0.282 e. The van der Waals surface area contributed by atoms with Gasteiger partial charge in [0.05, 0.1) is 18.4 Å². The fraction of sp³-hybridized carbons (Fsp3) is 0.360. The highest BCUT2D eigenvalue weighted by molar-refractivity contribution is 6.45. The molecule has 5 rings (SSSR count). The average molecular weight is 418 g/mol. The van der Waals surface area contributed by atoms with Gasteiger partial charge in [0.2, 0.25) is 0 Å². The van der Waals surface area contributed by atoms with Gasteiger partial charge in [0.15, 0.2) is 0 Å². The van der Waals surface area contributed by atoms with Crippen LogP contribution in [0.3, 0.4) is 0 Å². The SMILES string of the molecule is COc1ccccc1C1=C(N2CCCC2)C(=O)N(c2ccc(N3CCCC3)cc2)C1=O. The normalized spacial score (nSPS) is 19.2. The van der Waals surface area contributed by atoms with Crippen LogP contribution in [0.5, 0.6) is 5.75 Å². The number of imide groups is 1. The zero-order valence-corrected chi connectivity index (χ0v) is 17.8. The number of benzene rings is 2. The first-order chi connectivity index (χ1) is 15.2. The topological polar surface area (TPSA) is 53.1 Å². The summed E-state index contributed by atoms with van der Waals surface area (Å²) >= 11 is 0. The quantitative estimate of drug-likeness (QED) is 0.695. The molecule has 0 radical (unpaired) electrons. The maximum absolute atomic E-state index is 13.6. The van der Waals surface area contributed by atoms with E-state index in [0.29, 0.717) is 28.3 Å². The molecule has 0 N–H and O–H groups in total. The largest absolute Gasteiger partial charge is 0.496 e. The van der Waals surface area contributed by atoms with Gasteiger partial charge < -0.3 is 14.5 Å². The van der Waals surface area contributed by atoms with Crippen LogP contribution in [0.1, 0.15) is 31.2 Å². The minimum Gasteiger partial charge on any atom is -0.496 e. The Morgan fingerprint density at radius 2 is 1.29 bits per heavy atom. The number of carbonyl (C=O) groups is 2. The Balaban J connectivity index is 1.54. The van der Waals surface area contributed by atoms with Crippen LogP contribution in [0.4, 0.5) is 11.4 Å². The highest BCUT2D eigenvalue weighted by Gasteiger charge is 2.43. The number of rotatable bonds is 5. The van der Waals surface area contributed by atoms with Gasteiger partial charge in [0.25, 0.3) is 11.8 Å². The number of para-hydroxylation sites is 1. The third-order valence-electron chi connectivity index (χ3n) is 6.44. The lowest BCUT2D eigenvalue weighted by Gasteiger charge is -2.21. The minimum atomic E-state index is -0.287. The number of likely N-dealkylation sites (tertiary alicyclic amines) is 1. The summed E-state index contributed by atoms with van der Waals surface area (Å²) in [6.45, 7) is 3.68. The second kappa shape index (κ2) is 8.10. The predicted molar refractivity (Wildman–Crippen MR) is 121 cm³/mol. The molecule has 3 aliphatic rings. The van der Waals surface area contributed by atoms with E-state index in [0.717, 1.165) is 44.7 Å². The van der Waals surface area contributed by atoms with Crippen molar-refractivity contribution in [1.82, 2.24) is 4.90 Å². The lowest BCUT2D eigenvalue weighted by Crippen LogP contribution is -2.34. The lowest BCUT2D eigenvalue weighted by atomic mass is 10.0. The lowest BCUT2D eigenvalue weighted by molar-refractivity contribution is -0.120. The first-order valence-electron chi connectivity index (χ1n) is 11.1. The molecule has 6 nitrogen and oxygen atoms in total. The molecule has 3 aliphatic heterocycles. The minimum absolute atomic E-state index is 0.248. The number of carbonyl (C=O) groups excluding carboxylic acids is 2. The Bertz CT molecular complexity index is 1030. The van der Waals surface area contributed by atoms with Gasteiger partial charge in [-0.15, -0.1) is 0 Å². The van der Waals surface area contributed by atoms with E-state index in [-0.39, 0.29) is 11.8 Å². The van der Waals surface area contributed by atoms with Crippen molar-refractivity contribution in [2.75, 3.05) is 43.1 Å².